The molecule has 0 amide bonds. The summed E-state index contributed by atoms with van der Waals surface area (Å²) in [6.45, 7) is 2.15. The lowest BCUT2D eigenvalue weighted by Crippen LogP contribution is -2.31. The molecular formula is C22H21N9O2S. The minimum atomic E-state index is -0.420. The quantitative estimate of drug-likeness (QED) is 0.275. The summed E-state index contributed by atoms with van der Waals surface area (Å²) in [4.78, 5) is 35.0. The van der Waals surface area contributed by atoms with Gasteiger partial charge in [0.25, 0.3) is 5.69 Å². The summed E-state index contributed by atoms with van der Waals surface area (Å²) in [6.07, 6.45) is 5.21. The number of imidazole rings is 2. The van der Waals surface area contributed by atoms with Crippen molar-refractivity contribution in [1.29, 1.82) is 0 Å². The minimum Gasteiger partial charge on any atom is -0.361 e. The first-order chi connectivity index (χ1) is 16.7. The van der Waals surface area contributed by atoms with Crippen LogP contribution in [0.4, 0.5) is 17.5 Å². The third-order valence-electron chi connectivity index (χ3n) is 5.97. The second-order valence-corrected chi connectivity index (χ2v) is 8.94. The average Bonchev–Trinajstić information content (AvgIpc) is 3.61. The predicted octanol–water partition coefficient (Wildman–Crippen LogP) is 4.26. The van der Waals surface area contributed by atoms with Crippen LogP contribution in [0, 0.1) is 10.1 Å². The Hall–Kier alpha value is -4.06. The van der Waals surface area contributed by atoms with Crippen LogP contribution < -0.4 is 10.2 Å². The monoisotopic (exact) mass is 475 g/mol. The number of nitrogens with one attached hydrogen (secondary N) is 2. The zero-order valence-electron chi connectivity index (χ0n) is 18.1. The molecule has 6 rings (SSSR count). The van der Waals surface area contributed by atoms with Crippen LogP contribution in [0.15, 0.2) is 41.4 Å². The molecule has 11 nitrogen and oxygen atoms in total. The van der Waals surface area contributed by atoms with Gasteiger partial charge in [-0.2, -0.15) is 21.3 Å². The van der Waals surface area contributed by atoms with E-state index in [4.69, 9.17) is 9.97 Å². The Morgan fingerprint density at radius 1 is 1.12 bits per heavy atom. The summed E-state index contributed by atoms with van der Waals surface area (Å²) in [6, 6.07) is 6.91. The number of nitro groups is 1. The van der Waals surface area contributed by atoms with Crippen LogP contribution in [-0.4, -0.2) is 47.5 Å². The van der Waals surface area contributed by atoms with E-state index in [1.54, 1.807) is 29.8 Å². The molecule has 34 heavy (non-hydrogen) atoms. The molecule has 0 spiro atoms. The van der Waals surface area contributed by atoms with Crippen molar-refractivity contribution in [2.24, 2.45) is 0 Å². The molecule has 172 valence electrons. The Bertz CT molecular complexity index is 1490. The first kappa shape index (κ1) is 20.5. The maximum Gasteiger partial charge on any atom is 0.297 e. The van der Waals surface area contributed by atoms with Crippen molar-refractivity contribution in [3.05, 3.63) is 57.3 Å². The maximum absolute atomic E-state index is 11.3. The number of benzene rings is 1. The highest BCUT2D eigenvalue weighted by Gasteiger charge is 2.20. The van der Waals surface area contributed by atoms with Gasteiger partial charge in [-0.25, -0.2) is 9.97 Å². The molecule has 1 fully saturated rings. The van der Waals surface area contributed by atoms with E-state index >= 15 is 0 Å². The molecule has 1 aromatic carbocycles. The number of nitro benzene ring substituents is 1. The van der Waals surface area contributed by atoms with Gasteiger partial charge in [0, 0.05) is 24.5 Å². The van der Waals surface area contributed by atoms with E-state index in [-0.39, 0.29) is 5.69 Å². The van der Waals surface area contributed by atoms with E-state index < -0.39 is 4.92 Å². The molecule has 0 aliphatic carbocycles. The lowest BCUT2D eigenvalue weighted by atomic mass is 10.1. The van der Waals surface area contributed by atoms with Crippen molar-refractivity contribution >= 4 is 51.0 Å². The van der Waals surface area contributed by atoms with Crippen molar-refractivity contribution in [3.8, 4) is 5.69 Å². The standard InChI is InChI=1S/C22H21N9O2S/c32-31(33)16-6-4-5-15-18(16)26-17(25-15)11-23-20-19-21(30(13-24-19)14-7-10-34-12-14)28-22(27-20)29-8-2-1-3-9-29/h4-7,10,12-13H,1-3,8-9,11H2,(H,25,26)(H,23,27,28). The highest BCUT2D eigenvalue weighted by molar-refractivity contribution is 7.08. The first-order valence-electron chi connectivity index (χ1n) is 11.1. The number of para-hydroxylation sites is 1. The number of aromatic nitrogens is 6. The fraction of sp³-hybridized carbons (Fsp3) is 0.273. The predicted molar refractivity (Wildman–Crippen MR) is 131 cm³/mol. The summed E-state index contributed by atoms with van der Waals surface area (Å²) < 4.78 is 1.97. The SMILES string of the molecule is O=[N+]([O-])c1cccc2[nH]c(CNc3nc(N4CCCCC4)nc4c3ncn4-c3ccsc3)nc12. The number of H-pyrrole nitrogens is 1. The molecule has 0 saturated carbocycles. The molecule has 4 aromatic heterocycles. The number of fused-ring (bicyclic) bond motifs is 2. The second kappa shape index (κ2) is 8.37. The van der Waals surface area contributed by atoms with Gasteiger partial charge in [0.05, 0.1) is 22.7 Å². The second-order valence-electron chi connectivity index (χ2n) is 8.16. The van der Waals surface area contributed by atoms with Gasteiger partial charge in [0.1, 0.15) is 12.2 Å². The van der Waals surface area contributed by atoms with Crippen LogP contribution in [0.3, 0.4) is 0 Å². The molecule has 1 saturated heterocycles. The minimum absolute atomic E-state index is 0.0219. The summed E-state index contributed by atoms with van der Waals surface area (Å²) in [5.41, 5.74) is 3.34. The van der Waals surface area contributed by atoms with Gasteiger partial charge in [-0.1, -0.05) is 6.07 Å². The summed E-state index contributed by atoms with van der Waals surface area (Å²) in [7, 11) is 0. The van der Waals surface area contributed by atoms with Crippen LogP contribution in [0.1, 0.15) is 25.1 Å². The van der Waals surface area contributed by atoms with E-state index in [0.29, 0.717) is 40.7 Å². The van der Waals surface area contributed by atoms with Crippen molar-refractivity contribution < 1.29 is 4.92 Å². The van der Waals surface area contributed by atoms with Crippen LogP contribution in [0.2, 0.25) is 0 Å². The Balaban J connectivity index is 1.38. The van der Waals surface area contributed by atoms with E-state index in [2.05, 4.69) is 30.5 Å². The average molecular weight is 476 g/mol. The zero-order chi connectivity index (χ0) is 23.1. The van der Waals surface area contributed by atoms with Gasteiger partial charge in [-0.05, 0) is 36.8 Å². The number of piperidine rings is 1. The molecular weight excluding hydrogens is 454 g/mol. The van der Waals surface area contributed by atoms with Crippen molar-refractivity contribution in [3.63, 3.8) is 0 Å². The van der Waals surface area contributed by atoms with Crippen LogP contribution in [0.5, 0.6) is 0 Å². The molecule has 1 aliphatic rings. The third kappa shape index (κ3) is 3.61. The van der Waals surface area contributed by atoms with Crippen LogP contribution in [0.25, 0.3) is 27.9 Å². The maximum atomic E-state index is 11.3. The Morgan fingerprint density at radius 2 is 2.00 bits per heavy atom. The van der Waals surface area contributed by atoms with E-state index in [1.807, 2.05) is 16.0 Å². The first-order valence-corrected chi connectivity index (χ1v) is 12.0. The van der Waals surface area contributed by atoms with E-state index in [0.717, 1.165) is 37.3 Å². The molecule has 0 unspecified atom stereocenters. The largest absolute Gasteiger partial charge is 0.361 e. The van der Waals surface area contributed by atoms with Gasteiger partial charge in [-0.3, -0.25) is 14.7 Å². The number of aromatic amines is 1. The van der Waals surface area contributed by atoms with E-state index in [9.17, 15) is 10.1 Å². The topological polar surface area (TPSA) is 131 Å². The van der Waals surface area contributed by atoms with Crippen molar-refractivity contribution in [2.45, 2.75) is 25.8 Å². The number of rotatable bonds is 6. The fourth-order valence-corrected chi connectivity index (χ4v) is 4.93. The van der Waals surface area contributed by atoms with E-state index in [1.165, 1.54) is 12.5 Å². The number of nitrogens with zero attached hydrogens (tertiary/aromatic N) is 7. The normalized spacial score (nSPS) is 14.2. The van der Waals surface area contributed by atoms with Gasteiger partial charge >= 0.3 is 0 Å². The molecule has 12 heteroatoms. The number of thiophene rings is 1. The molecule has 1 aliphatic heterocycles. The van der Waals surface area contributed by atoms with Gasteiger partial charge in [-0.15, -0.1) is 0 Å². The van der Waals surface area contributed by atoms with Gasteiger partial charge < -0.3 is 15.2 Å². The van der Waals surface area contributed by atoms with Crippen molar-refractivity contribution in [2.75, 3.05) is 23.3 Å². The van der Waals surface area contributed by atoms with Crippen LogP contribution in [-0.2, 0) is 6.54 Å². The molecule has 0 bridgehead atoms. The number of anilines is 2. The number of non-ortho nitro benzene ring substituents is 1. The third-order valence-corrected chi connectivity index (χ3v) is 6.64. The summed E-state index contributed by atoms with van der Waals surface area (Å²) in [5.74, 6) is 1.86. The molecule has 2 N–H and O–H groups in total. The Kier molecular flexibility index (Phi) is 5.06. The molecule has 5 aromatic rings. The van der Waals surface area contributed by atoms with Crippen LogP contribution >= 0.6 is 11.3 Å². The Labute approximate surface area is 197 Å². The lowest BCUT2D eigenvalue weighted by molar-refractivity contribution is -0.383. The molecule has 0 radical (unpaired) electrons. The Morgan fingerprint density at radius 3 is 2.79 bits per heavy atom. The highest BCUT2D eigenvalue weighted by atomic mass is 32.1. The number of hydrogen-bond donors (Lipinski definition) is 2. The zero-order valence-corrected chi connectivity index (χ0v) is 19.0. The van der Waals surface area contributed by atoms with Crippen molar-refractivity contribution in [1.82, 2.24) is 29.5 Å². The summed E-state index contributed by atoms with van der Waals surface area (Å²) in [5, 5.41) is 18.8. The lowest BCUT2D eigenvalue weighted by Gasteiger charge is -2.27. The smallest absolute Gasteiger partial charge is 0.297 e. The molecule has 0 atom stereocenters. The molecule has 5 heterocycles. The summed E-state index contributed by atoms with van der Waals surface area (Å²) >= 11 is 1.62. The number of hydrogen-bond acceptors (Lipinski definition) is 9. The fourth-order valence-electron chi connectivity index (χ4n) is 4.30. The van der Waals surface area contributed by atoms with Gasteiger partial charge in [0.15, 0.2) is 22.5 Å². The highest BCUT2D eigenvalue weighted by Crippen LogP contribution is 2.28. The van der Waals surface area contributed by atoms with Gasteiger partial charge in [0.2, 0.25) is 5.95 Å².